The molecule has 134 valence electrons. The predicted octanol–water partition coefficient (Wildman–Crippen LogP) is 1.72. The number of benzene rings is 1. The minimum absolute atomic E-state index is 0.0202. The predicted molar refractivity (Wildman–Crippen MR) is 97.6 cm³/mol. The van der Waals surface area contributed by atoms with Gasteiger partial charge in [-0.15, -0.1) is 5.10 Å². The van der Waals surface area contributed by atoms with Crippen LogP contribution in [0.3, 0.4) is 0 Å². The van der Waals surface area contributed by atoms with Crippen molar-refractivity contribution in [2.45, 2.75) is 19.0 Å². The van der Waals surface area contributed by atoms with Crippen LogP contribution in [0.25, 0.3) is 11.0 Å². The Kier molecular flexibility index (Phi) is 3.67. The number of amides is 1. The second-order valence-corrected chi connectivity index (χ2v) is 6.53. The number of para-hydroxylation sites is 1. The van der Waals surface area contributed by atoms with E-state index < -0.39 is 0 Å². The number of carbonyl (C=O) groups excluding carboxylic acids is 1. The van der Waals surface area contributed by atoms with E-state index in [4.69, 9.17) is 0 Å². The summed E-state index contributed by atoms with van der Waals surface area (Å²) in [5.74, 6) is -0.0202. The molecule has 1 N–H and O–H groups in total. The average Bonchev–Trinajstić information content (AvgIpc) is 3.35. The molecule has 8 heteroatoms. The molecule has 0 radical (unpaired) electrons. The summed E-state index contributed by atoms with van der Waals surface area (Å²) in [7, 11) is 0. The molecule has 0 saturated heterocycles. The summed E-state index contributed by atoms with van der Waals surface area (Å²) in [5, 5.41) is 8.28. The van der Waals surface area contributed by atoms with Crippen LogP contribution in [0.5, 0.6) is 0 Å². The maximum Gasteiger partial charge on any atom is 0.245 e. The number of carbonyl (C=O) groups is 1. The highest BCUT2D eigenvalue weighted by atomic mass is 16.2. The van der Waals surface area contributed by atoms with Crippen molar-refractivity contribution in [1.29, 1.82) is 0 Å². The van der Waals surface area contributed by atoms with Crippen LogP contribution in [-0.4, -0.2) is 47.3 Å². The number of fused-ring (bicyclic) bond motifs is 2. The van der Waals surface area contributed by atoms with Gasteiger partial charge in [0.1, 0.15) is 18.1 Å². The van der Waals surface area contributed by atoms with Gasteiger partial charge in [-0.25, -0.2) is 9.67 Å². The second kappa shape index (κ2) is 6.31. The van der Waals surface area contributed by atoms with Crippen LogP contribution in [0.1, 0.15) is 23.0 Å². The van der Waals surface area contributed by atoms with Crippen molar-refractivity contribution in [3.8, 4) is 0 Å². The molecule has 1 amide bonds. The van der Waals surface area contributed by atoms with Gasteiger partial charge >= 0.3 is 0 Å². The van der Waals surface area contributed by atoms with Crippen LogP contribution in [0.4, 0.5) is 0 Å². The van der Waals surface area contributed by atoms with E-state index in [1.807, 2.05) is 41.3 Å². The number of hydrogen-bond acceptors (Lipinski definition) is 5. The second-order valence-electron chi connectivity index (χ2n) is 6.53. The van der Waals surface area contributed by atoms with E-state index in [0.29, 0.717) is 6.54 Å². The molecule has 1 aliphatic heterocycles. The number of imidazole rings is 1. The van der Waals surface area contributed by atoms with E-state index in [-0.39, 0.29) is 18.5 Å². The summed E-state index contributed by atoms with van der Waals surface area (Å²) in [4.78, 5) is 27.0. The zero-order valence-electron chi connectivity index (χ0n) is 14.5. The Hall–Kier alpha value is -3.55. The van der Waals surface area contributed by atoms with Crippen molar-refractivity contribution in [1.82, 2.24) is 34.8 Å². The topological polar surface area (TPSA) is 92.6 Å². The third-order valence-electron chi connectivity index (χ3n) is 4.95. The molecule has 0 bridgehead atoms. The Bertz CT molecular complexity index is 1100. The first-order valence-electron chi connectivity index (χ1n) is 8.81. The maximum absolute atomic E-state index is 13.2. The first-order valence-corrected chi connectivity index (χ1v) is 8.81. The molecular formula is C19H17N7O. The van der Waals surface area contributed by atoms with Gasteiger partial charge in [-0.2, -0.15) is 0 Å². The molecule has 1 unspecified atom stereocenters. The summed E-state index contributed by atoms with van der Waals surface area (Å²) in [6.45, 7) is 0.747. The van der Waals surface area contributed by atoms with Crippen LogP contribution in [0.15, 0.2) is 55.1 Å². The molecule has 5 rings (SSSR count). The third kappa shape index (κ3) is 2.66. The first kappa shape index (κ1) is 15.7. The number of aromatic amines is 1. The third-order valence-corrected chi connectivity index (χ3v) is 4.95. The van der Waals surface area contributed by atoms with Crippen molar-refractivity contribution in [2.24, 2.45) is 0 Å². The lowest BCUT2D eigenvalue weighted by Gasteiger charge is -2.35. The molecular weight excluding hydrogens is 342 g/mol. The number of aromatic nitrogens is 6. The Morgan fingerprint density at radius 2 is 2.15 bits per heavy atom. The molecule has 4 heterocycles. The highest BCUT2D eigenvalue weighted by Crippen LogP contribution is 2.33. The molecule has 0 saturated carbocycles. The van der Waals surface area contributed by atoms with E-state index >= 15 is 0 Å². The molecule has 3 aromatic heterocycles. The fourth-order valence-electron chi connectivity index (χ4n) is 3.67. The van der Waals surface area contributed by atoms with E-state index in [2.05, 4.69) is 25.3 Å². The lowest BCUT2D eigenvalue weighted by atomic mass is 9.97. The van der Waals surface area contributed by atoms with Gasteiger partial charge in [-0.1, -0.05) is 23.4 Å². The zero-order chi connectivity index (χ0) is 18.2. The van der Waals surface area contributed by atoms with Gasteiger partial charge in [0, 0.05) is 31.1 Å². The van der Waals surface area contributed by atoms with Gasteiger partial charge in [-0.3, -0.25) is 9.78 Å². The zero-order valence-corrected chi connectivity index (χ0v) is 14.5. The van der Waals surface area contributed by atoms with E-state index in [9.17, 15) is 4.79 Å². The van der Waals surface area contributed by atoms with Gasteiger partial charge in [0.25, 0.3) is 0 Å². The highest BCUT2D eigenvalue weighted by Gasteiger charge is 2.34. The summed E-state index contributed by atoms with van der Waals surface area (Å²) in [5.41, 5.74) is 4.52. The van der Waals surface area contributed by atoms with Crippen molar-refractivity contribution in [3.63, 3.8) is 0 Å². The Morgan fingerprint density at radius 1 is 1.22 bits per heavy atom. The first-order chi connectivity index (χ1) is 13.3. The Labute approximate surface area is 154 Å². The van der Waals surface area contributed by atoms with Crippen molar-refractivity contribution < 1.29 is 4.79 Å². The quantitative estimate of drug-likeness (QED) is 0.601. The van der Waals surface area contributed by atoms with Crippen molar-refractivity contribution in [3.05, 3.63) is 72.1 Å². The smallest absolute Gasteiger partial charge is 0.245 e. The lowest BCUT2D eigenvalue weighted by Crippen LogP contribution is -2.42. The van der Waals surface area contributed by atoms with Gasteiger partial charge in [0.15, 0.2) is 0 Å². The van der Waals surface area contributed by atoms with Crippen LogP contribution in [0, 0.1) is 0 Å². The van der Waals surface area contributed by atoms with Crippen LogP contribution in [0.2, 0.25) is 0 Å². The summed E-state index contributed by atoms with van der Waals surface area (Å²) < 4.78 is 1.65. The van der Waals surface area contributed by atoms with E-state index in [1.165, 1.54) is 0 Å². The number of hydrogen-bond donors (Lipinski definition) is 1. The fraction of sp³-hybridized carbons (Fsp3) is 0.211. The highest BCUT2D eigenvalue weighted by molar-refractivity contribution is 5.80. The number of rotatable bonds is 3. The van der Waals surface area contributed by atoms with Gasteiger partial charge in [0.05, 0.1) is 17.5 Å². The monoisotopic (exact) mass is 359 g/mol. The summed E-state index contributed by atoms with van der Waals surface area (Å²) >= 11 is 0. The minimum atomic E-state index is -0.254. The number of pyridine rings is 1. The SMILES string of the molecule is O=C(Cn1nnc2ccccc21)N1CCc2[nH]cnc2C1c1cccnc1. The number of nitrogens with zero attached hydrogens (tertiary/aromatic N) is 6. The van der Waals surface area contributed by atoms with Gasteiger partial charge in [0.2, 0.25) is 5.91 Å². The Morgan fingerprint density at radius 3 is 3.04 bits per heavy atom. The van der Waals surface area contributed by atoms with Crippen molar-refractivity contribution >= 4 is 16.9 Å². The lowest BCUT2D eigenvalue weighted by molar-refractivity contribution is -0.134. The standard InChI is InChI=1S/C19H17N7O/c27-17(11-26-16-6-2-1-5-14(16)23-24-26)25-9-7-15-18(22-12-21-15)19(25)13-4-3-8-20-10-13/h1-6,8,10,12,19H,7,9,11H2,(H,21,22). The van der Waals surface area contributed by atoms with Crippen LogP contribution >= 0.6 is 0 Å². The van der Waals surface area contributed by atoms with Crippen LogP contribution < -0.4 is 0 Å². The fourth-order valence-corrected chi connectivity index (χ4v) is 3.67. The maximum atomic E-state index is 13.2. The molecule has 1 aromatic carbocycles. The van der Waals surface area contributed by atoms with E-state index in [0.717, 1.165) is 34.4 Å². The largest absolute Gasteiger partial charge is 0.348 e. The average molecular weight is 359 g/mol. The molecule has 0 spiro atoms. The Balaban J connectivity index is 1.50. The number of H-pyrrole nitrogens is 1. The van der Waals surface area contributed by atoms with Gasteiger partial charge in [-0.05, 0) is 23.8 Å². The van der Waals surface area contributed by atoms with Crippen molar-refractivity contribution in [2.75, 3.05) is 6.54 Å². The van der Waals surface area contributed by atoms with Crippen LogP contribution in [-0.2, 0) is 17.8 Å². The molecule has 8 nitrogen and oxygen atoms in total. The van der Waals surface area contributed by atoms with E-state index in [1.54, 1.807) is 23.4 Å². The van der Waals surface area contributed by atoms with Gasteiger partial charge < -0.3 is 9.88 Å². The molecule has 4 aromatic rings. The molecule has 1 aliphatic rings. The summed E-state index contributed by atoms with van der Waals surface area (Å²) in [6, 6.07) is 11.2. The number of nitrogens with one attached hydrogen (secondary N) is 1. The molecule has 1 atom stereocenters. The summed E-state index contributed by atoms with van der Waals surface area (Å²) in [6.07, 6.45) is 5.95. The molecule has 0 fully saturated rings. The minimum Gasteiger partial charge on any atom is -0.348 e. The molecule has 0 aliphatic carbocycles. The normalized spacial score (nSPS) is 16.4. The molecule has 27 heavy (non-hydrogen) atoms.